The number of hydrogen-bond donors (Lipinski definition) is 2. The maximum absolute atomic E-state index is 12.3. The van der Waals surface area contributed by atoms with Gasteiger partial charge in [-0.05, 0) is 24.1 Å². The van der Waals surface area contributed by atoms with E-state index in [1.54, 1.807) is 0 Å². The van der Waals surface area contributed by atoms with E-state index in [1.807, 2.05) is 24.3 Å². The predicted molar refractivity (Wildman–Crippen MR) is 76.8 cm³/mol. The molecule has 2 amide bonds. The van der Waals surface area contributed by atoms with Gasteiger partial charge in [0.25, 0.3) is 0 Å². The van der Waals surface area contributed by atoms with Crippen LogP contribution in [0.15, 0.2) is 30.6 Å². The molecule has 1 aromatic carbocycles. The summed E-state index contributed by atoms with van der Waals surface area (Å²) >= 11 is 0. The summed E-state index contributed by atoms with van der Waals surface area (Å²) in [5.41, 5.74) is 1.90. The maximum Gasteiger partial charge on any atom is 0.249 e. The van der Waals surface area contributed by atoms with Crippen molar-refractivity contribution < 1.29 is 9.59 Å². The largest absolute Gasteiger partial charge is 0.324 e. The number of aryl methyl sites for hydroxylation is 1. The van der Waals surface area contributed by atoms with Crippen LogP contribution < -0.4 is 10.6 Å². The van der Waals surface area contributed by atoms with E-state index >= 15 is 0 Å². The Kier molecular flexibility index (Phi) is 3.39. The topological polar surface area (TPSA) is 88.9 Å². The molecule has 2 N–H and O–H groups in total. The number of rotatable bonds is 3. The Morgan fingerprint density at radius 3 is 2.90 bits per heavy atom. The first-order valence-corrected chi connectivity index (χ1v) is 6.76. The Balaban J connectivity index is 1.78. The van der Waals surface area contributed by atoms with Crippen molar-refractivity contribution in [1.82, 2.24) is 14.8 Å². The van der Waals surface area contributed by atoms with Gasteiger partial charge in [-0.15, -0.1) is 0 Å². The molecule has 108 valence electrons. The van der Waals surface area contributed by atoms with Crippen LogP contribution in [0.4, 0.5) is 11.6 Å². The number of hydrogen-bond acceptors (Lipinski definition) is 4. The summed E-state index contributed by atoms with van der Waals surface area (Å²) in [6, 6.07) is 6.94. The van der Waals surface area contributed by atoms with E-state index in [9.17, 15) is 9.59 Å². The van der Waals surface area contributed by atoms with E-state index in [0.717, 1.165) is 6.42 Å². The molecule has 0 fully saturated rings. The number of anilines is 2. The van der Waals surface area contributed by atoms with Crippen molar-refractivity contribution in [2.45, 2.75) is 25.8 Å². The molecule has 0 aliphatic carbocycles. The fourth-order valence-electron chi connectivity index (χ4n) is 2.26. The molecule has 1 aliphatic heterocycles. The van der Waals surface area contributed by atoms with Gasteiger partial charge in [0, 0.05) is 5.69 Å². The fourth-order valence-corrected chi connectivity index (χ4v) is 2.26. The van der Waals surface area contributed by atoms with Gasteiger partial charge in [0.05, 0.1) is 6.42 Å². The monoisotopic (exact) mass is 285 g/mol. The van der Waals surface area contributed by atoms with E-state index in [2.05, 4.69) is 27.6 Å². The zero-order valence-corrected chi connectivity index (χ0v) is 11.5. The Bertz CT molecular complexity index is 677. The van der Waals surface area contributed by atoms with Gasteiger partial charge in [-0.2, -0.15) is 10.1 Å². The van der Waals surface area contributed by atoms with Crippen LogP contribution in [0.25, 0.3) is 0 Å². The Labute approximate surface area is 121 Å². The van der Waals surface area contributed by atoms with Gasteiger partial charge in [-0.3, -0.25) is 14.9 Å². The van der Waals surface area contributed by atoms with Crippen LogP contribution in [0.2, 0.25) is 0 Å². The lowest BCUT2D eigenvalue weighted by molar-refractivity contribution is -0.125. The van der Waals surface area contributed by atoms with Crippen molar-refractivity contribution in [2.75, 3.05) is 10.6 Å². The van der Waals surface area contributed by atoms with Crippen molar-refractivity contribution in [2.24, 2.45) is 0 Å². The standard InChI is InChI=1S/C14H15N5O2/c1-2-9-3-5-10(6-4-9)17-13(21)11-7-12(20)18-14-15-8-16-19(11)14/h3-6,8,11H,2,7H2,1H3,(H,17,21)(H,15,16,18,20)/t11-/m0/s1. The zero-order chi connectivity index (χ0) is 14.8. The average molecular weight is 285 g/mol. The number of nitrogens with one attached hydrogen (secondary N) is 2. The molecular weight excluding hydrogens is 270 g/mol. The molecule has 0 unspecified atom stereocenters. The Morgan fingerprint density at radius 2 is 2.19 bits per heavy atom. The average Bonchev–Trinajstić information content (AvgIpc) is 2.95. The van der Waals surface area contributed by atoms with Gasteiger partial charge in [-0.1, -0.05) is 19.1 Å². The SMILES string of the molecule is CCc1ccc(NC(=O)[C@@H]2CC(=O)Nc3ncnn32)cc1. The molecule has 0 radical (unpaired) electrons. The van der Waals surface area contributed by atoms with Gasteiger partial charge < -0.3 is 5.32 Å². The number of carbonyl (C=O) groups excluding carboxylic acids is 2. The molecule has 0 saturated carbocycles. The molecular formula is C14H15N5O2. The van der Waals surface area contributed by atoms with Gasteiger partial charge in [-0.25, -0.2) is 4.68 Å². The van der Waals surface area contributed by atoms with Crippen molar-refractivity contribution in [3.05, 3.63) is 36.2 Å². The van der Waals surface area contributed by atoms with Crippen molar-refractivity contribution in [3.8, 4) is 0 Å². The smallest absolute Gasteiger partial charge is 0.249 e. The van der Waals surface area contributed by atoms with E-state index < -0.39 is 6.04 Å². The van der Waals surface area contributed by atoms with Crippen LogP contribution in [0.1, 0.15) is 24.9 Å². The number of amides is 2. The van der Waals surface area contributed by atoms with Gasteiger partial charge in [0.1, 0.15) is 12.4 Å². The van der Waals surface area contributed by atoms with Crippen molar-refractivity contribution >= 4 is 23.5 Å². The molecule has 7 heteroatoms. The molecule has 3 rings (SSSR count). The summed E-state index contributed by atoms with van der Waals surface area (Å²) in [5, 5.41) is 9.37. The number of benzene rings is 1. The second-order valence-electron chi connectivity index (χ2n) is 4.84. The molecule has 0 bridgehead atoms. The third-order valence-corrected chi connectivity index (χ3v) is 3.43. The van der Waals surface area contributed by atoms with Crippen LogP contribution >= 0.6 is 0 Å². The van der Waals surface area contributed by atoms with E-state index in [-0.39, 0.29) is 18.2 Å². The molecule has 7 nitrogen and oxygen atoms in total. The van der Waals surface area contributed by atoms with Crippen molar-refractivity contribution in [1.29, 1.82) is 0 Å². The number of aromatic nitrogens is 3. The minimum atomic E-state index is -0.679. The first-order chi connectivity index (χ1) is 10.2. The van der Waals surface area contributed by atoms with Crippen LogP contribution in [0.3, 0.4) is 0 Å². The van der Waals surface area contributed by atoms with Crippen LogP contribution in [0, 0.1) is 0 Å². The first kappa shape index (κ1) is 13.3. The zero-order valence-electron chi connectivity index (χ0n) is 11.5. The molecule has 0 saturated heterocycles. The highest BCUT2D eigenvalue weighted by molar-refractivity contribution is 6.00. The lowest BCUT2D eigenvalue weighted by Crippen LogP contribution is -2.35. The van der Waals surface area contributed by atoms with E-state index in [1.165, 1.54) is 16.6 Å². The van der Waals surface area contributed by atoms with Crippen molar-refractivity contribution in [3.63, 3.8) is 0 Å². The van der Waals surface area contributed by atoms with Gasteiger partial charge >= 0.3 is 0 Å². The summed E-state index contributed by atoms with van der Waals surface area (Å²) < 4.78 is 1.43. The lowest BCUT2D eigenvalue weighted by atomic mass is 10.1. The highest BCUT2D eigenvalue weighted by Gasteiger charge is 2.31. The van der Waals surface area contributed by atoms with Crippen LogP contribution in [-0.2, 0) is 16.0 Å². The van der Waals surface area contributed by atoms with Gasteiger partial charge in [0.2, 0.25) is 17.8 Å². The molecule has 1 aliphatic rings. The van der Waals surface area contributed by atoms with E-state index in [0.29, 0.717) is 11.6 Å². The summed E-state index contributed by atoms with van der Waals surface area (Å²) in [6.45, 7) is 2.07. The third-order valence-electron chi connectivity index (χ3n) is 3.43. The predicted octanol–water partition coefficient (Wildman–Crippen LogP) is 1.36. The second kappa shape index (κ2) is 5.35. The number of nitrogens with zero attached hydrogens (tertiary/aromatic N) is 3. The number of carbonyl (C=O) groups is 2. The van der Waals surface area contributed by atoms with Gasteiger partial charge in [0.15, 0.2) is 0 Å². The second-order valence-corrected chi connectivity index (χ2v) is 4.84. The summed E-state index contributed by atoms with van der Waals surface area (Å²) in [7, 11) is 0. The minimum absolute atomic E-state index is 0.0508. The molecule has 1 aromatic heterocycles. The quantitative estimate of drug-likeness (QED) is 0.891. The van der Waals surface area contributed by atoms with Crippen LogP contribution in [-0.4, -0.2) is 26.6 Å². The lowest BCUT2D eigenvalue weighted by Gasteiger charge is -2.22. The Morgan fingerprint density at radius 1 is 1.43 bits per heavy atom. The summed E-state index contributed by atoms with van der Waals surface area (Å²) in [5.74, 6) is -0.217. The van der Waals surface area contributed by atoms with Crippen LogP contribution in [0.5, 0.6) is 0 Å². The van der Waals surface area contributed by atoms with E-state index in [4.69, 9.17) is 0 Å². The molecule has 21 heavy (non-hydrogen) atoms. The fraction of sp³-hybridized carbons (Fsp3) is 0.286. The highest BCUT2D eigenvalue weighted by atomic mass is 16.2. The molecule has 0 spiro atoms. The highest BCUT2D eigenvalue weighted by Crippen LogP contribution is 2.23. The summed E-state index contributed by atoms with van der Waals surface area (Å²) in [4.78, 5) is 27.9. The number of fused-ring (bicyclic) bond motifs is 1. The maximum atomic E-state index is 12.3. The normalized spacial score (nSPS) is 17.0. The first-order valence-electron chi connectivity index (χ1n) is 6.76. The molecule has 1 atom stereocenters. The third kappa shape index (κ3) is 2.62. The molecule has 2 heterocycles. The summed E-state index contributed by atoms with van der Waals surface area (Å²) in [6.07, 6.45) is 2.31. The minimum Gasteiger partial charge on any atom is -0.324 e. The molecule has 2 aromatic rings. The Hall–Kier alpha value is -2.70.